The fourth-order valence-electron chi connectivity index (χ4n) is 0.499. The van der Waals surface area contributed by atoms with Gasteiger partial charge in [-0.3, -0.25) is 4.79 Å². The van der Waals surface area contributed by atoms with Crippen LogP contribution >= 0.6 is 15.9 Å². The summed E-state index contributed by atoms with van der Waals surface area (Å²) >= 11 is 3.25. The molecule has 0 aliphatic heterocycles. The third-order valence-electron chi connectivity index (χ3n) is 0.882. The summed E-state index contributed by atoms with van der Waals surface area (Å²) in [5.74, 6) is 0. The lowest BCUT2D eigenvalue weighted by molar-refractivity contribution is -0.122. The number of pyridine rings is 1. The van der Waals surface area contributed by atoms with Crippen LogP contribution in [0.3, 0.4) is 0 Å². The molecule has 1 heterocycles. The van der Waals surface area contributed by atoms with Gasteiger partial charge in [0.15, 0.2) is 0 Å². The van der Waals surface area contributed by atoms with E-state index in [2.05, 4.69) is 20.9 Å². The van der Waals surface area contributed by atoms with Gasteiger partial charge in [-0.2, -0.15) is 0 Å². The fraction of sp³-hybridized carbons (Fsp3) is 0.143. The zero-order valence-corrected chi connectivity index (χ0v) is 7.58. The van der Waals surface area contributed by atoms with Crippen molar-refractivity contribution in [1.29, 1.82) is 0 Å². The van der Waals surface area contributed by atoms with Gasteiger partial charge < -0.3 is 5.11 Å². The van der Waals surface area contributed by atoms with Gasteiger partial charge in [-0.25, -0.2) is 4.98 Å². The Kier molecular flexibility index (Phi) is 5.37. The average Bonchev–Trinajstić information content (AvgIpc) is 1.88. The molecular weight excluding hydrogens is 210 g/mol. The van der Waals surface area contributed by atoms with Crippen LogP contribution in [-0.4, -0.2) is 16.6 Å². The fourth-order valence-corrected chi connectivity index (χ4v) is 0.979. The summed E-state index contributed by atoms with van der Waals surface area (Å²) in [6, 6.07) is 3.94. The van der Waals surface area contributed by atoms with Gasteiger partial charge in [0.05, 0.1) is 0 Å². The summed E-state index contributed by atoms with van der Waals surface area (Å²) < 4.78 is 0.900. The Labute approximate surface area is 73.2 Å². The van der Waals surface area contributed by atoms with Gasteiger partial charge in [0, 0.05) is 6.20 Å². The van der Waals surface area contributed by atoms with Gasteiger partial charge >= 0.3 is 0 Å². The number of hydrogen-bond donors (Lipinski definition) is 1. The highest BCUT2D eigenvalue weighted by Crippen LogP contribution is 2.05. The second kappa shape index (κ2) is 5.85. The first-order valence-electron chi connectivity index (χ1n) is 2.86. The second-order valence-electron chi connectivity index (χ2n) is 1.76. The SMILES string of the molecule is Cc1ccnc(Br)c1.O=CO. The minimum Gasteiger partial charge on any atom is -0.483 e. The van der Waals surface area contributed by atoms with E-state index >= 15 is 0 Å². The lowest BCUT2D eigenvalue weighted by Gasteiger charge is -1.88. The number of aromatic nitrogens is 1. The first kappa shape index (κ1) is 10.1. The van der Waals surface area contributed by atoms with E-state index in [4.69, 9.17) is 9.90 Å². The van der Waals surface area contributed by atoms with Crippen molar-refractivity contribution in [3.8, 4) is 0 Å². The maximum Gasteiger partial charge on any atom is 0.290 e. The van der Waals surface area contributed by atoms with Crippen LogP contribution in [0.4, 0.5) is 0 Å². The molecule has 3 nitrogen and oxygen atoms in total. The Hall–Kier alpha value is -0.900. The minimum atomic E-state index is -0.250. The number of rotatable bonds is 0. The van der Waals surface area contributed by atoms with Crippen molar-refractivity contribution in [3.63, 3.8) is 0 Å². The Bertz CT molecular complexity index is 210. The van der Waals surface area contributed by atoms with E-state index in [0.717, 1.165) is 4.60 Å². The van der Waals surface area contributed by atoms with Crippen molar-refractivity contribution >= 4 is 22.4 Å². The molecule has 0 aromatic carbocycles. The quantitative estimate of drug-likeness (QED) is 0.534. The van der Waals surface area contributed by atoms with Gasteiger partial charge in [0.1, 0.15) is 4.60 Å². The van der Waals surface area contributed by atoms with Crippen LogP contribution in [0, 0.1) is 6.92 Å². The molecule has 0 saturated carbocycles. The van der Waals surface area contributed by atoms with E-state index in [0.29, 0.717) is 0 Å². The largest absolute Gasteiger partial charge is 0.483 e. The van der Waals surface area contributed by atoms with Crippen LogP contribution in [0.15, 0.2) is 22.9 Å². The summed E-state index contributed by atoms with van der Waals surface area (Å²) in [5.41, 5.74) is 1.23. The van der Waals surface area contributed by atoms with E-state index < -0.39 is 0 Å². The third kappa shape index (κ3) is 5.54. The Morgan fingerprint density at radius 1 is 1.73 bits per heavy atom. The number of carboxylic acid groups (broad SMARTS) is 1. The summed E-state index contributed by atoms with van der Waals surface area (Å²) in [7, 11) is 0. The molecule has 1 rings (SSSR count). The van der Waals surface area contributed by atoms with Crippen LogP contribution in [0.25, 0.3) is 0 Å². The zero-order chi connectivity index (χ0) is 8.69. The molecule has 0 bridgehead atoms. The van der Waals surface area contributed by atoms with Crippen LogP contribution < -0.4 is 0 Å². The highest BCUT2D eigenvalue weighted by atomic mass is 79.9. The number of halogens is 1. The smallest absolute Gasteiger partial charge is 0.290 e. The molecule has 0 spiro atoms. The third-order valence-corrected chi connectivity index (χ3v) is 1.32. The highest BCUT2D eigenvalue weighted by Gasteiger charge is 1.83. The molecule has 0 radical (unpaired) electrons. The monoisotopic (exact) mass is 217 g/mol. The van der Waals surface area contributed by atoms with Crippen LogP contribution in [0.1, 0.15) is 5.56 Å². The highest BCUT2D eigenvalue weighted by molar-refractivity contribution is 9.10. The molecule has 0 aliphatic rings. The topological polar surface area (TPSA) is 50.2 Å². The van der Waals surface area contributed by atoms with E-state index in [9.17, 15) is 0 Å². The van der Waals surface area contributed by atoms with Crippen molar-refractivity contribution in [3.05, 3.63) is 28.5 Å². The number of nitrogens with zero attached hydrogens (tertiary/aromatic N) is 1. The molecule has 0 amide bonds. The number of hydrogen-bond acceptors (Lipinski definition) is 2. The van der Waals surface area contributed by atoms with Gasteiger partial charge in [-0.05, 0) is 40.5 Å². The lowest BCUT2D eigenvalue weighted by atomic mass is 10.3. The maximum atomic E-state index is 8.36. The van der Waals surface area contributed by atoms with Crippen molar-refractivity contribution in [2.45, 2.75) is 6.92 Å². The van der Waals surface area contributed by atoms with Gasteiger partial charge in [0.2, 0.25) is 0 Å². The van der Waals surface area contributed by atoms with Crippen molar-refractivity contribution in [2.75, 3.05) is 0 Å². The molecule has 11 heavy (non-hydrogen) atoms. The molecule has 0 unspecified atom stereocenters. The van der Waals surface area contributed by atoms with E-state index in [1.807, 2.05) is 19.1 Å². The maximum absolute atomic E-state index is 8.36. The predicted molar refractivity (Wildman–Crippen MR) is 45.4 cm³/mol. The van der Waals surface area contributed by atoms with E-state index in [1.54, 1.807) is 6.20 Å². The van der Waals surface area contributed by atoms with E-state index in [-0.39, 0.29) is 6.47 Å². The minimum absolute atomic E-state index is 0.250. The number of aryl methyl sites for hydroxylation is 1. The molecule has 0 aliphatic carbocycles. The van der Waals surface area contributed by atoms with Gasteiger partial charge in [0.25, 0.3) is 6.47 Å². The molecule has 0 saturated heterocycles. The van der Waals surface area contributed by atoms with Crippen molar-refractivity contribution in [1.82, 2.24) is 4.98 Å². The van der Waals surface area contributed by atoms with E-state index in [1.165, 1.54) is 5.56 Å². The zero-order valence-electron chi connectivity index (χ0n) is 5.99. The second-order valence-corrected chi connectivity index (χ2v) is 2.57. The first-order chi connectivity index (χ1) is 5.20. The number of carbonyl (C=O) groups is 1. The van der Waals surface area contributed by atoms with Gasteiger partial charge in [-0.1, -0.05) is 0 Å². The van der Waals surface area contributed by atoms with Crippen LogP contribution in [-0.2, 0) is 4.79 Å². The Morgan fingerprint density at radius 2 is 2.27 bits per heavy atom. The molecular formula is C7H8BrNO2. The van der Waals surface area contributed by atoms with Crippen LogP contribution in [0.5, 0.6) is 0 Å². The molecule has 0 atom stereocenters. The molecule has 1 aromatic heterocycles. The summed E-state index contributed by atoms with van der Waals surface area (Å²) in [4.78, 5) is 12.3. The average molecular weight is 218 g/mol. The van der Waals surface area contributed by atoms with Crippen molar-refractivity contribution in [2.24, 2.45) is 0 Å². The molecule has 60 valence electrons. The first-order valence-corrected chi connectivity index (χ1v) is 3.66. The standard InChI is InChI=1S/C6H6BrN.CH2O2/c1-5-2-3-8-6(7)4-5;2-1-3/h2-4H,1H3;1H,(H,2,3). The summed E-state index contributed by atoms with van der Waals surface area (Å²) in [5, 5.41) is 6.89. The molecule has 1 N–H and O–H groups in total. The normalized spacial score (nSPS) is 7.82. The molecule has 4 heteroatoms. The van der Waals surface area contributed by atoms with Gasteiger partial charge in [-0.15, -0.1) is 0 Å². The lowest BCUT2D eigenvalue weighted by Crippen LogP contribution is -1.73. The summed E-state index contributed by atoms with van der Waals surface area (Å²) in [6.07, 6.45) is 1.78. The Balaban J connectivity index is 0.000000292. The van der Waals surface area contributed by atoms with Crippen LogP contribution in [0.2, 0.25) is 0 Å². The predicted octanol–water partition coefficient (Wildman–Crippen LogP) is 1.85. The molecule has 1 aromatic rings. The summed E-state index contributed by atoms with van der Waals surface area (Å²) in [6.45, 7) is 1.78. The van der Waals surface area contributed by atoms with Crippen molar-refractivity contribution < 1.29 is 9.90 Å². The Morgan fingerprint density at radius 3 is 2.55 bits per heavy atom. The molecule has 0 fully saturated rings.